The minimum absolute atomic E-state index is 0.0516. The van der Waals surface area contributed by atoms with Gasteiger partial charge in [-0.15, -0.1) is 11.3 Å². The smallest absolute Gasteiger partial charge is 0.389 e. The zero-order chi connectivity index (χ0) is 28.7. The Morgan fingerprint density at radius 3 is 2.54 bits per heavy atom. The molecule has 0 aliphatic heterocycles. The summed E-state index contributed by atoms with van der Waals surface area (Å²) in [6, 6.07) is 0.945. The molecule has 0 aliphatic rings. The third-order valence-electron chi connectivity index (χ3n) is 5.54. The second-order valence-corrected chi connectivity index (χ2v) is 10.1. The molecule has 2 amide bonds. The Kier molecular flexibility index (Phi) is 10.4. The third-order valence-corrected chi connectivity index (χ3v) is 6.62. The van der Waals surface area contributed by atoms with E-state index in [4.69, 9.17) is 16.0 Å². The van der Waals surface area contributed by atoms with Gasteiger partial charge in [0.25, 0.3) is 5.91 Å². The Bertz CT molecular complexity index is 1260. The van der Waals surface area contributed by atoms with Crippen LogP contribution in [0.5, 0.6) is 0 Å². The van der Waals surface area contributed by atoms with Crippen molar-refractivity contribution in [2.45, 2.75) is 63.1 Å². The number of aromatic nitrogens is 2. The highest BCUT2D eigenvalue weighted by Gasteiger charge is 2.34. The molecular weight excluding hydrogens is 568 g/mol. The maximum Gasteiger partial charge on any atom is 0.389 e. The largest absolute Gasteiger partial charge is 0.431 e. The van der Waals surface area contributed by atoms with Crippen molar-refractivity contribution >= 4 is 34.8 Å². The summed E-state index contributed by atoms with van der Waals surface area (Å²) in [6.07, 6.45) is -6.55. The number of carbonyl (C=O) groups excluding carboxylic acids is 2. The zero-order valence-electron chi connectivity index (χ0n) is 20.4. The predicted octanol–water partition coefficient (Wildman–Crippen LogP) is 4.41. The van der Waals surface area contributed by atoms with E-state index in [1.165, 1.54) is 30.6 Å². The van der Waals surface area contributed by atoms with Gasteiger partial charge < -0.3 is 25.3 Å². The number of halogens is 5. The fourth-order valence-electron chi connectivity index (χ4n) is 3.54. The fourth-order valence-corrected chi connectivity index (χ4v) is 4.39. The first kappa shape index (κ1) is 30.5. The average molecular weight is 593 g/mol. The highest BCUT2D eigenvalue weighted by molar-refractivity contribution is 7.09. The minimum atomic E-state index is -4.54. The molecule has 0 saturated heterocycles. The molecular formula is C24H25ClF4N4O5S. The first-order valence-corrected chi connectivity index (χ1v) is 12.9. The summed E-state index contributed by atoms with van der Waals surface area (Å²) in [4.78, 5) is 33.7. The van der Waals surface area contributed by atoms with Crippen LogP contribution < -0.4 is 10.6 Å². The first-order chi connectivity index (χ1) is 18.3. The number of oxazole rings is 1. The summed E-state index contributed by atoms with van der Waals surface area (Å²) in [5, 5.41) is 26.9. The number of thiazole rings is 1. The van der Waals surface area contributed by atoms with Crippen LogP contribution in [-0.2, 0) is 4.79 Å². The van der Waals surface area contributed by atoms with Gasteiger partial charge in [-0.25, -0.2) is 14.4 Å². The number of hydrogen-bond acceptors (Lipinski definition) is 8. The van der Waals surface area contributed by atoms with Crippen molar-refractivity contribution in [2.75, 3.05) is 0 Å². The Morgan fingerprint density at radius 1 is 1.15 bits per heavy atom. The summed E-state index contributed by atoms with van der Waals surface area (Å²) < 4.78 is 58.3. The molecule has 2 heterocycles. The summed E-state index contributed by atoms with van der Waals surface area (Å²) in [7, 11) is 0. The number of alkyl halides is 3. The SMILES string of the molecule is CC(O)CC[C@H](NC(=O)c1cnc(-c2cc(Cl)ccc2F)o1)C(=O)N[C@@H](CCC(F)(F)F)C(O)c1nccs1. The Hall–Kier alpha value is -3.07. The number of aliphatic hydroxyl groups excluding tert-OH is 2. The van der Waals surface area contributed by atoms with Gasteiger partial charge in [0.2, 0.25) is 17.6 Å². The molecule has 4 atom stereocenters. The van der Waals surface area contributed by atoms with Gasteiger partial charge >= 0.3 is 6.18 Å². The van der Waals surface area contributed by atoms with Crippen LogP contribution in [-0.4, -0.2) is 56.4 Å². The number of aliphatic hydroxyl groups is 2. The van der Waals surface area contributed by atoms with E-state index in [9.17, 15) is 37.4 Å². The summed E-state index contributed by atoms with van der Waals surface area (Å²) in [5.41, 5.74) is -0.103. The first-order valence-electron chi connectivity index (χ1n) is 11.7. The number of nitrogens with zero attached hydrogens (tertiary/aromatic N) is 2. The van der Waals surface area contributed by atoms with Crippen molar-refractivity contribution in [3.05, 3.63) is 57.6 Å². The highest BCUT2D eigenvalue weighted by atomic mass is 35.5. The molecule has 0 fully saturated rings. The van der Waals surface area contributed by atoms with Crippen molar-refractivity contribution in [1.29, 1.82) is 0 Å². The van der Waals surface area contributed by atoms with Crippen molar-refractivity contribution < 1.29 is 41.8 Å². The highest BCUT2D eigenvalue weighted by Crippen LogP contribution is 2.28. The lowest BCUT2D eigenvalue weighted by Gasteiger charge is -2.26. The maximum atomic E-state index is 14.2. The second-order valence-electron chi connectivity index (χ2n) is 8.69. The molecule has 0 spiro atoms. The van der Waals surface area contributed by atoms with Crippen LogP contribution in [0.3, 0.4) is 0 Å². The van der Waals surface area contributed by atoms with Crippen LogP contribution in [0.25, 0.3) is 11.5 Å². The summed E-state index contributed by atoms with van der Waals surface area (Å²) >= 11 is 6.88. The van der Waals surface area contributed by atoms with Crippen molar-refractivity contribution in [1.82, 2.24) is 20.6 Å². The molecule has 3 rings (SSSR count). The molecule has 4 N–H and O–H groups in total. The third kappa shape index (κ3) is 8.98. The van der Waals surface area contributed by atoms with E-state index in [2.05, 4.69) is 20.6 Å². The van der Waals surface area contributed by atoms with E-state index in [1.807, 2.05) is 0 Å². The van der Waals surface area contributed by atoms with Crippen molar-refractivity contribution in [3.8, 4) is 11.5 Å². The molecule has 2 unspecified atom stereocenters. The topological polar surface area (TPSA) is 138 Å². The molecule has 0 bridgehead atoms. The Morgan fingerprint density at radius 2 is 1.90 bits per heavy atom. The van der Waals surface area contributed by atoms with Crippen LogP contribution >= 0.6 is 22.9 Å². The number of nitrogens with one attached hydrogen (secondary N) is 2. The number of carbonyl (C=O) groups is 2. The normalized spacial score (nSPS) is 14.9. The van der Waals surface area contributed by atoms with Crippen molar-refractivity contribution in [3.63, 3.8) is 0 Å². The lowest BCUT2D eigenvalue weighted by atomic mass is 10.0. The second kappa shape index (κ2) is 13.3. The molecule has 0 radical (unpaired) electrons. The van der Waals surface area contributed by atoms with Gasteiger partial charge in [0, 0.05) is 23.0 Å². The van der Waals surface area contributed by atoms with Crippen LogP contribution in [0.2, 0.25) is 5.02 Å². The monoisotopic (exact) mass is 592 g/mol. The van der Waals surface area contributed by atoms with Gasteiger partial charge in [-0.05, 0) is 44.4 Å². The molecule has 15 heteroatoms. The standard InChI is InChI=1S/C24H25ClF4N4O5S/c1-12(34)2-5-17(20(36)32-16(6-7-24(27,28)29)19(35)23-30-8-9-39-23)33-21(37)18-11-31-22(38-18)14-10-13(25)3-4-15(14)26/h3-4,8-12,16-17,19,34-35H,2,5-7H2,1H3,(H,32,36)(H,33,37)/t12?,16-,17-,19?/m0/s1. The van der Waals surface area contributed by atoms with E-state index in [0.717, 1.165) is 23.6 Å². The molecule has 1 aromatic carbocycles. The number of benzene rings is 1. The van der Waals surface area contributed by atoms with E-state index < -0.39 is 60.9 Å². The van der Waals surface area contributed by atoms with Gasteiger partial charge in [-0.3, -0.25) is 9.59 Å². The molecule has 2 aromatic heterocycles. The van der Waals surface area contributed by atoms with E-state index in [-0.39, 0.29) is 40.1 Å². The van der Waals surface area contributed by atoms with E-state index in [1.54, 1.807) is 0 Å². The van der Waals surface area contributed by atoms with Crippen LogP contribution in [0.15, 0.2) is 40.4 Å². The summed E-state index contributed by atoms with van der Waals surface area (Å²) in [5.74, 6) is -3.15. The van der Waals surface area contributed by atoms with Gasteiger partial charge in [0.1, 0.15) is 23.0 Å². The van der Waals surface area contributed by atoms with Gasteiger partial charge in [0.15, 0.2) is 0 Å². The fraction of sp³-hybridized carbons (Fsp3) is 0.417. The van der Waals surface area contributed by atoms with E-state index >= 15 is 0 Å². The van der Waals surface area contributed by atoms with Crippen LogP contribution in [0, 0.1) is 5.82 Å². The van der Waals surface area contributed by atoms with Crippen LogP contribution in [0.4, 0.5) is 17.6 Å². The van der Waals surface area contributed by atoms with E-state index in [0.29, 0.717) is 0 Å². The molecule has 212 valence electrons. The van der Waals surface area contributed by atoms with Crippen molar-refractivity contribution in [2.24, 2.45) is 0 Å². The van der Waals surface area contributed by atoms with Gasteiger partial charge in [0.05, 0.1) is 23.9 Å². The molecule has 9 nitrogen and oxygen atoms in total. The Labute approximate surface area is 229 Å². The summed E-state index contributed by atoms with van der Waals surface area (Å²) in [6.45, 7) is 1.46. The molecule has 3 aromatic rings. The quantitative estimate of drug-likeness (QED) is 0.229. The molecule has 39 heavy (non-hydrogen) atoms. The Balaban J connectivity index is 1.78. The predicted molar refractivity (Wildman–Crippen MR) is 133 cm³/mol. The minimum Gasteiger partial charge on any atom is -0.431 e. The van der Waals surface area contributed by atoms with Gasteiger partial charge in [-0.1, -0.05) is 11.6 Å². The number of rotatable bonds is 12. The molecule has 0 aliphatic carbocycles. The molecule has 0 saturated carbocycles. The van der Waals surface area contributed by atoms with Gasteiger partial charge in [-0.2, -0.15) is 13.2 Å². The zero-order valence-corrected chi connectivity index (χ0v) is 22.0. The van der Waals surface area contributed by atoms with Crippen LogP contribution in [0.1, 0.15) is 54.3 Å². The number of amides is 2. The lowest BCUT2D eigenvalue weighted by Crippen LogP contribution is -2.51. The average Bonchev–Trinajstić information content (AvgIpc) is 3.57. The maximum absolute atomic E-state index is 14.2. The number of hydrogen-bond donors (Lipinski definition) is 4. The lowest BCUT2D eigenvalue weighted by molar-refractivity contribution is -0.140.